The number of aliphatic carboxylic acids is 1. The van der Waals surface area contributed by atoms with Gasteiger partial charge in [-0.05, 0) is 24.6 Å². The van der Waals surface area contributed by atoms with Crippen LogP contribution in [0.1, 0.15) is 24.2 Å². The Balaban J connectivity index is 1.80. The number of benzene rings is 1. The maximum Gasteiger partial charge on any atom is 0.417 e. The van der Waals surface area contributed by atoms with Crippen molar-refractivity contribution >= 4 is 46.3 Å². The van der Waals surface area contributed by atoms with Crippen LogP contribution in [-0.2, 0) is 15.8 Å². The molecule has 5 nitrogen and oxygen atoms in total. The molecule has 0 unspecified atom stereocenters. The van der Waals surface area contributed by atoms with E-state index < -0.39 is 17.7 Å². The molecule has 152 valence electrons. The van der Waals surface area contributed by atoms with Gasteiger partial charge in [0.05, 0.1) is 10.5 Å². The van der Waals surface area contributed by atoms with Gasteiger partial charge in [-0.25, -0.2) is 0 Å². The van der Waals surface area contributed by atoms with Crippen molar-refractivity contribution in [1.82, 2.24) is 4.90 Å². The number of thiocarbonyl (C=S) groups is 1. The van der Waals surface area contributed by atoms with Crippen molar-refractivity contribution < 1.29 is 32.3 Å². The molecule has 0 radical (unpaired) electrons. The van der Waals surface area contributed by atoms with Gasteiger partial charge in [-0.2, -0.15) is 13.2 Å². The zero-order valence-corrected chi connectivity index (χ0v) is 16.4. The number of furan rings is 1. The first kappa shape index (κ1) is 21.1. The SMILES string of the molecule is O=C(O)CCCN1C(=O)/C(=C/c2ccc(-c3ccccc3C(F)(F)F)o2)SC1=S. The summed E-state index contributed by atoms with van der Waals surface area (Å²) in [6, 6.07) is 7.94. The third-order valence-electron chi connectivity index (χ3n) is 4.04. The van der Waals surface area contributed by atoms with E-state index in [4.69, 9.17) is 21.7 Å². The number of halogens is 3. The molecule has 1 fully saturated rings. The summed E-state index contributed by atoms with van der Waals surface area (Å²) in [4.78, 5) is 24.6. The summed E-state index contributed by atoms with van der Waals surface area (Å²) in [5.74, 6) is -1.11. The van der Waals surface area contributed by atoms with Gasteiger partial charge in [0.2, 0.25) is 0 Å². The van der Waals surface area contributed by atoms with Gasteiger partial charge in [-0.3, -0.25) is 14.5 Å². The molecule has 1 amide bonds. The lowest BCUT2D eigenvalue weighted by atomic mass is 10.1. The lowest BCUT2D eigenvalue weighted by Crippen LogP contribution is -2.29. The van der Waals surface area contributed by atoms with Crippen LogP contribution in [0.4, 0.5) is 13.2 Å². The van der Waals surface area contributed by atoms with Gasteiger partial charge in [-0.1, -0.05) is 42.2 Å². The molecular weight excluding hydrogens is 427 g/mol. The molecule has 1 aliphatic rings. The van der Waals surface area contributed by atoms with Crippen molar-refractivity contribution in [2.75, 3.05) is 6.54 Å². The minimum atomic E-state index is -4.53. The molecule has 1 saturated heterocycles. The number of amides is 1. The number of nitrogens with zero attached hydrogens (tertiary/aromatic N) is 1. The van der Waals surface area contributed by atoms with E-state index in [2.05, 4.69) is 0 Å². The van der Waals surface area contributed by atoms with E-state index >= 15 is 0 Å². The molecule has 0 saturated carbocycles. The summed E-state index contributed by atoms with van der Waals surface area (Å²) in [7, 11) is 0. The van der Waals surface area contributed by atoms with Crippen molar-refractivity contribution in [3.05, 3.63) is 52.6 Å². The van der Waals surface area contributed by atoms with Crippen LogP contribution < -0.4 is 0 Å². The number of hydrogen-bond acceptors (Lipinski definition) is 5. The molecule has 1 aromatic carbocycles. The van der Waals surface area contributed by atoms with Crippen LogP contribution in [0.2, 0.25) is 0 Å². The number of thioether (sulfide) groups is 1. The molecular formula is C19H14F3NO4S2. The van der Waals surface area contributed by atoms with Gasteiger partial charge in [-0.15, -0.1) is 0 Å². The Labute approximate surface area is 173 Å². The highest BCUT2D eigenvalue weighted by Gasteiger charge is 2.34. The van der Waals surface area contributed by atoms with Gasteiger partial charge in [0.1, 0.15) is 15.8 Å². The Bertz CT molecular complexity index is 997. The van der Waals surface area contributed by atoms with Crippen LogP contribution in [0.25, 0.3) is 17.4 Å². The molecule has 10 heteroatoms. The summed E-state index contributed by atoms with van der Waals surface area (Å²) >= 11 is 6.18. The second-order valence-electron chi connectivity index (χ2n) is 6.08. The summed E-state index contributed by atoms with van der Waals surface area (Å²) in [6.45, 7) is 0.177. The molecule has 0 spiro atoms. The van der Waals surface area contributed by atoms with E-state index in [9.17, 15) is 22.8 Å². The third-order valence-corrected chi connectivity index (χ3v) is 5.42. The highest BCUT2D eigenvalue weighted by molar-refractivity contribution is 8.26. The fourth-order valence-electron chi connectivity index (χ4n) is 2.73. The Hall–Kier alpha value is -2.59. The predicted molar refractivity (Wildman–Crippen MR) is 106 cm³/mol. The second-order valence-corrected chi connectivity index (χ2v) is 7.75. The van der Waals surface area contributed by atoms with Crippen molar-refractivity contribution in [2.24, 2.45) is 0 Å². The van der Waals surface area contributed by atoms with Gasteiger partial charge in [0.15, 0.2) is 0 Å². The topological polar surface area (TPSA) is 70.8 Å². The number of hydrogen-bond donors (Lipinski definition) is 1. The van der Waals surface area contributed by atoms with Crippen LogP contribution >= 0.6 is 24.0 Å². The molecule has 2 heterocycles. The van der Waals surface area contributed by atoms with Crippen LogP contribution in [0.15, 0.2) is 45.7 Å². The first-order valence-corrected chi connectivity index (χ1v) is 9.63. The van der Waals surface area contributed by atoms with E-state index in [0.717, 1.165) is 17.8 Å². The smallest absolute Gasteiger partial charge is 0.417 e. The van der Waals surface area contributed by atoms with Crippen molar-refractivity contribution in [2.45, 2.75) is 19.0 Å². The number of carboxylic acids is 1. The second kappa shape index (κ2) is 8.42. The van der Waals surface area contributed by atoms with Gasteiger partial charge in [0, 0.05) is 24.6 Å². The number of carboxylic acid groups (broad SMARTS) is 1. The molecule has 0 aliphatic carbocycles. The highest BCUT2D eigenvalue weighted by Crippen LogP contribution is 2.38. The molecule has 0 atom stereocenters. The summed E-state index contributed by atoms with van der Waals surface area (Å²) in [6.07, 6.45) is -2.94. The minimum absolute atomic E-state index is 0.0288. The van der Waals surface area contributed by atoms with Gasteiger partial charge >= 0.3 is 12.1 Å². The quantitative estimate of drug-likeness (QED) is 0.501. The van der Waals surface area contributed by atoms with Crippen molar-refractivity contribution in [1.29, 1.82) is 0 Å². The summed E-state index contributed by atoms with van der Waals surface area (Å²) in [5.41, 5.74) is -0.911. The number of alkyl halides is 3. The number of carbonyl (C=O) groups is 2. The molecule has 0 bridgehead atoms. The average molecular weight is 441 g/mol. The molecule has 1 N–H and O–H groups in total. The Morgan fingerprint density at radius 3 is 2.66 bits per heavy atom. The number of carbonyl (C=O) groups excluding carboxylic acids is 1. The van der Waals surface area contributed by atoms with Crippen LogP contribution in [0, 0.1) is 0 Å². The van der Waals surface area contributed by atoms with Crippen LogP contribution in [-0.4, -0.2) is 32.7 Å². The minimum Gasteiger partial charge on any atom is -0.481 e. The molecule has 1 aromatic heterocycles. The van der Waals surface area contributed by atoms with E-state index in [1.807, 2.05) is 0 Å². The fraction of sp³-hybridized carbons (Fsp3) is 0.211. The molecule has 29 heavy (non-hydrogen) atoms. The van der Waals surface area contributed by atoms with E-state index in [-0.39, 0.29) is 47.3 Å². The summed E-state index contributed by atoms with van der Waals surface area (Å²) in [5, 5.41) is 8.70. The first-order chi connectivity index (χ1) is 13.7. The highest BCUT2D eigenvalue weighted by atomic mass is 32.2. The van der Waals surface area contributed by atoms with E-state index in [0.29, 0.717) is 4.32 Å². The van der Waals surface area contributed by atoms with Crippen LogP contribution in [0.5, 0.6) is 0 Å². The zero-order chi connectivity index (χ0) is 21.2. The van der Waals surface area contributed by atoms with E-state index in [1.54, 1.807) is 0 Å². The monoisotopic (exact) mass is 441 g/mol. The average Bonchev–Trinajstić information content (AvgIpc) is 3.21. The maximum atomic E-state index is 13.2. The maximum absolute atomic E-state index is 13.2. The van der Waals surface area contributed by atoms with E-state index in [1.165, 1.54) is 41.3 Å². The predicted octanol–water partition coefficient (Wildman–Crippen LogP) is 5.03. The zero-order valence-electron chi connectivity index (χ0n) is 14.7. The molecule has 3 rings (SSSR count). The standard InChI is InChI=1S/C19H14F3NO4S2/c20-19(21,22)13-5-2-1-4-12(13)14-8-7-11(27-14)10-15-17(26)23(18(28)29-15)9-3-6-16(24)25/h1-2,4-5,7-8,10H,3,6,9H2,(H,24,25)/b15-10-. The Morgan fingerprint density at radius 1 is 1.24 bits per heavy atom. The molecule has 1 aliphatic heterocycles. The van der Waals surface area contributed by atoms with Crippen molar-refractivity contribution in [3.8, 4) is 11.3 Å². The lowest BCUT2D eigenvalue weighted by Gasteiger charge is -2.13. The first-order valence-electron chi connectivity index (χ1n) is 8.40. The van der Waals surface area contributed by atoms with Crippen LogP contribution in [0.3, 0.4) is 0 Å². The van der Waals surface area contributed by atoms with Crippen molar-refractivity contribution in [3.63, 3.8) is 0 Å². The summed E-state index contributed by atoms with van der Waals surface area (Å²) < 4.78 is 45.4. The fourth-order valence-corrected chi connectivity index (χ4v) is 4.02. The third kappa shape index (κ3) is 4.88. The normalized spacial score (nSPS) is 16.1. The number of rotatable bonds is 6. The lowest BCUT2D eigenvalue weighted by molar-refractivity contribution is -0.138. The van der Waals surface area contributed by atoms with Gasteiger partial charge in [0.25, 0.3) is 5.91 Å². The molecule has 2 aromatic rings. The van der Waals surface area contributed by atoms with Gasteiger partial charge < -0.3 is 9.52 Å². The Kier molecular flexibility index (Phi) is 6.13. The Morgan fingerprint density at radius 2 is 1.97 bits per heavy atom. The largest absolute Gasteiger partial charge is 0.481 e.